The summed E-state index contributed by atoms with van der Waals surface area (Å²) in [6.45, 7) is 0.879. The normalized spacial score (nSPS) is 20.6. The van der Waals surface area contributed by atoms with Crippen LogP contribution in [0.3, 0.4) is 0 Å². The molecule has 2 aliphatic rings. The summed E-state index contributed by atoms with van der Waals surface area (Å²) in [4.78, 5) is 22.7. The van der Waals surface area contributed by atoms with Crippen molar-refractivity contribution in [3.8, 4) is 0 Å². The summed E-state index contributed by atoms with van der Waals surface area (Å²) >= 11 is 0. The van der Waals surface area contributed by atoms with Crippen LogP contribution in [0, 0.1) is 10.1 Å². The van der Waals surface area contributed by atoms with Gasteiger partial charge in [0.25, 0.3) is 5.69 Å². The Balaban J connectivity index is 1.67. The third-order valence-corrected chi connectivity index (χ3v) is 3.79. The van der Waals surface area contributed by atoms with Gasteiger partial charge < -0.3 is 14.8 Å². The lowest BCUT2D eigenvalue weighted by Gasteiger charge is -2.11. The zero-order valence-corrected chi connectivity index (χ0v) is 12.1. The van der Waals surface area contributed by atoms with Gasteiger partial charge in [0.05, 0.1) is 16.6 Å². The Morgan fingerprint density at radius 1 is 1.41 bits per heavy atom. The first-order valence-electron chi connectivity index (χ1n) is 7.47. The lowest BCUT2D eigenvalue weighted by atomic mass is 10.1. The van der Waals surface area contributed by atoms with Crippen molar-refractivity contribution in [1.29, 1.82) is 0 Å². The monoisotopic (exact) mass is 306 g/mol. The van der Waals surface area contributed by atoms with Crippen LogP contribution >= 0.6 is 0 Å². The first kappa shape index (κ1) is 14.8. The molecule has 1 aliphatic carbocycles. The number of hydrogen-bond donors (Lipinski definition) is 1. The minimum atomic E-state index is -0.559. The molecule has 1 atom stereocenters. The maximum Gasteiger partial charge on any atom is 0.338 e. The fourth-order valence-electron chi connectivity index (χ4n) is 2.41. The van der Waals surface area contributed by atoms with Gasteiger partial charge in [0.15, 0.2) is 0 Å². The zero-order chi connectivity index (χ0) is 15.5. The standard InChI is InChI=1S/C15H18N2O5/c18-15(22-9-12-2-1-7-21-12)10-3-6-13(16-11-4-5-11)14(8-10)17(19)20/h3,6,8,11-12,16H,1-2,4-5,7,9H2. The minimum Gasteiger partial charge on any atom is -0.459 e. The lowest BCUT2D eigenvalue weighted by molar-refractivity contribution is -0.384. The van der Waals surface area contributed by atoms with E-state index in [1.165, 1.54) is 6.07 Å². The summed E-state index contributed by atoms with van der Waals surface area (Å²) in [5, 5.41) is 14.3. The highest BCUT2D eigenvalue weighted by atomic mass is 16.6. The summed E-state index contributed by atoms with van der Waals surface area (Å²) in [6.07, 6.45) is 3.81. The van der Waals surface area contributed by atoms with E-state index in [2.05, 4.69) is 5.32 Å². The third-order valence-electron chi connectivity index (χ3n) is 3.79. The number of nitro groups is 1. The predicted octanol–water partition coefficient (Wildman–Crippen LogP) is 2.50. The van der Waals surface area contributed by atoms with Gasteiger partial charge in [-0.3, -0.25) is 10.1 Å². The Hall–Kier alpha value is -2.15. The van der Waals surface area contributed by atoms with Crippen LogP contribution in [0.15, 0.2) is 18.2 Å². The molecule has 118 valence electrons. The predicted molar refractivity (Wildman–Crippen MR) is 79.0 cm³/mol. The Morgan fingerprint density at radius 3 is 2.86 bits per heavy atom. The molecular formula is C15H18N2O5. The van der Waals surface area contributed by atoms with Gasteiger partial charge in [-0.15, -0.1) is 0 Å². The van der Waals surface area contributed by atoms with Crippen molar-refractivity contribution < 1.29 is 19.2 Å². The molecule has 1 heterocycles. The highest BCUT2D eigenvalue weighted by molar-refractivity contribution is 5.91. The van der Waals surface area contributed by atoms with E-state index < -0.39 is 10.9 Å². The first-order chi connectivity index (χ1) is 10.6. The number of nitrogens with one attached hydrogen (secondary N) is 1. The second-order valence-electron chi connectivity index (χ2n) is 5.64. The topological polar surface area (TPSA) is 90.7 Å². The van der Waals surface area contributed by atoms with Gasteiger partial charge in [0, 0.05) is 18.7 Å². The van der Waals surface area contributed by atoms with E-state index in [0.29, 0.717) is 18.3 Å². The van der Waals surface area contributed by atoms with Gasteiger partial charge in [0.1, 0.15) is 12.3 Å². The largest absolute Gasteiger partial charge is 0.459 e. The number of benzene rings is 1. The second kappa shape index (κ2) is 6.31. The maximum atomic E-state index is 12.0. The average Bonchev–Trinajstić information content (AvgIpc) is 3.16. The van der Waals surface area contributed by atoms with Crippen molar-refractivity contribution >= 4 is 17.3 Å². The van der Waals surface area contributed by atoms with E-state index in [4.69, 9.17) is 9.47 Å². The number of nitrogens with zero attached hydrogens (tertiary/aromatic N) is 1. The van der Waals surface area contributed by atoms with E-state index in [0.717, 1.165) is 25.7 Å². The molecule has 7 heteroatoms. The Kier molecular flexibility index (Phi) is 4.24. The summed E-state index contributed by atoms with van der Waals surface area (Å²) in [6, 6.07) is 4.69. The van der Waals surface area contributed by atoms with Gasteiger partial charge >= 0.3 is 5.97 Å². The number of anilines is 1. The van der Waals surface area contributed by atoms with Gasteiger partial charge in [0.2, 0.25) is 0 Å². The van der Waals surface area contributed by atoms with Crippen LogP contribution in [0.5, 0.6) is 0 Å². The van der Waals surface area contributed by atoms with Crippen molar-refractivity contribution in [2.75, 3.05) is 18.5 Å². The second-order valence-corrected chi connectivity index (χ2v) is 5.64. The Morgan fingerprint density at radius 2 is 2.23 bits per heavy atom. The third kappa shape index (κ3) is 3.54. The molecule has 1 aromatic rings. The molecule has 0 amide bonds. The van der Waals surface area contributed by atoms with Crippen molar-refractivity contribution in [2.45, 2.75) is 37.8 Å². The molecule has 0 bridgehead atoms. The molecule has 22 heavy (non-hydrogen) atoms. The van der Waals surface area contributed by atoms with Crippen LogP contribution in [0.2, 0.25) is 0 Å². The van der Waals surface area contributed by atoms with Crippen molar-refractivity contribution in [2.24, 2.45) is 0 Å². The number of carbonyl (C=O) groups excluding carboxylic acids is 1. The van der Waals surface area contributed by atoms with Crippen LogP contribution in [0.1, 0.15) is 36.0 Å². The molecule has 0 aromatic heterocycles. The number of ether oxygens (including phenoxy) is 2. The molecule has 0 radical (unpaired) electrons. The summed E-state index contributed by atoms with van der Waals surface area (Å²) in [5.41, 5.74) is 0.535. The molecule has 3 rings (SSSR count). The van der Waals surface area contributed by atoms with Gasteiger partial charge in [-0.2, -0.15) is 0 Å². The van der Waals surface area contributed by atoms with E-state index in [-0.39, 0.29) is 24.0 Å². The van der Waals surface area contributed by atoms with Crippen molar-refractivity contribution in [1.82, 2.24) is 0 Å². The van der Waals surface area contributed by atoms with Gasteiger partial charge in [-0.25, -0.2) is 4.79 Å². The van der Waals surface area contributed by atoms with E-state index >= 15 is 0 Å². The van der Waals surface area contributed by atoms with Crippen LogP contribution in [0.4, 0.5) is 11.4 Å². The molecule has 1 N–H and O–H groups in total. The smallest absolute Gasteiger partial charge is 0.338 e. The number of carbonyl (C=O) groups is 1. The molecular weight excluding hydrogens is 288 g/mol. The molecule has 2 fully saturated rings. The van der Waals surface area contributed by atoms with E-state index in [9.17, 15) is 14.9 Å². The van der Waals surface area contributed by atoms with Crippen LogP contribution in [-0.2, 0) is 9.47 Å². The number of nitro benzene ring substituents is 1. The van der Waals surface area contributed by atoms with E-state index in [1.54, 1.807) is 12.1 Å². The Labute approximate surface area is 127 Å². The number of hydrogen-bond acceptors (Lipinski definition) is 6. The molecule has 7 nitrogen and oxygen atoms in total. The minimum absolute atomic E-state index is 0.0604. The molecule has 1 aliphatic heterocycles. The highest BCUT2D eigenvalue weighted by Crippen LogP contribution is 2.31. The summed E-state index contributed by atoms with van der Waals surface area (Å²) in [7, 11) is 0. The quantitative estimate of drug-likeness (QED) is 0.493. The van der Waals surface area contributed by atoms with E-state index in [1.807, 2.05) is 0 Å². The molecule has 1 saturated carbocycles. The first-order valence-corrected chi connectivity index (χ1v) is 7.47. The molecule has 1 saturated heterocycles. The fraction of sp³-hybridized carbons (Fsp3) is 0.533. The van der Waals surface area contributed by atoms with Crippen molar-refractivity contribution in [3.63, 3.8) is 0 Å². The van der Waals surface area contributed by atoms with Gasteiger partial charge in [-0.05, 0) is 37.8 Å². The average molecular weight is 306 g/mol. The highest BCUT2D eigenvalue weighted by Gasteiger charge is 2.26. The van der Waals surface area contributed by atoms with Crippen molar-refractivity contribution in [3.05, 3.63) is 33.9 Å². The molecule has 1 aromatic carbocycles. The Bertz CT molecular complexity index is 579. The molecule has 0 spiro atoms. The lowest BCUT2D eigenvalue weighted by Crippen LogP contribution is -2.18. The summed E-state index contributed by atoms with van der Waals surface area (Å²) in [5.74, 6) is -0.559. The SMILES string of the molecule is O=C(OCC1CCCO1)c1ccc(NC2CC2)c([N+](=O)[O-])c1. The van der Waals surface area contributed by atoms with Gasteiger partial charge in [-0.1, -0.05) is 0 Å². The zero-order valence-electron chi connectivity index (χ0n) is 12.1. The number of esters is 1. The maximum absolute atomic E-state index is 12.0. The van der Waals surface area contributed by atoms with Crippen LogP contribution < -0.4 is 5.32 Å². The fourth-order valence-corrected chi connectivity index (χ4v) is 2.41. The molecule has 1 unspecified atom stereocenters. The van der Waals surface area contributed by atoms with Crippen LogP contribution in [0.25, 0.3) is 0 Å². The summed E-state index contributed by atoms with van der Waals surface area (Å²) < 4.78 is 10.5. The van der Waals surface area contributed by atoms with Crippen LogP contribution in [-0.4, -0.2) is 36.3 Å². The number of rotatable bonds is 6.